The molecule has 0 aliphatic heterocycles. The first-order chi connectivity index (χ1) is 13.2. The molecule has 0 atom stereocenters. The van der Waals surface area contributed by atoms with E-state index < -0.39 is 0 Å². The molecule has 0 fully saturated rings. The number of fused-ring (bicyclic) bond motifs is 1. The van der Waals surface area contributed by atoms with E-state index in [2.05, 4.69) is 4.98 Å². The lowest BCUT2D eigenvalue weighted by Crippen LogP contribution is -2.26. The van der Waals surface area contributed by atoms with Gasteiger partial charge in [-0.1, -0.05) is 54.6 Å². The van der Waals surface area contributed by atoms with Gasteiger partial charge < -0.3 is 4.90 Å². The van der Waals surface area contributed by atoms with Crippen LogP contribution in [0.2, 0.25) is 0 Å². The van der Waals surface area contributed by atoms with Crippen molar-refractivity contribution in [2.75, 3.05) is 7.05 Å². The lowest BCUT2D eigenvalue weighted by Gasteiger charge is -2.19. The Morgan fingerprint density at radius 2 is 1.74 bits per heavy atom. The van der Waals surface area contributed by atoms with Gasteiger partial charge in [0.1, 0.15) is 0 Å². The van der Waals surface area contributed by atoms with E-state index in [1.807, 2.05) is 79.8 Å². The second-order valence-corrected chi connectivity index (χ2v) is 6.46. The van der Waals surface area contributed by atoms with Crippen molar-refractivity contribution in [2.24, 2.45) is 0 Å². The number of carbonyl (C=O) groups is 1. The molecule has 0 aliphatic carbocycles. The highest BCUT2D eigenvalue weighted by Crippen LogP contribution is 2.25. The van der Waals surface area contributed by atoms with E-state index in [1.54, 1.807) is 17.3 Å². The van der Waals surface area contributed by atoms with E-state index in [0.29, 0.717) is 12.1 Å². The van der Waals surface area contributed by atoms with Crippen LogP contribution in [0.15, 0.2) is 85.2 Å². The third-order valence-corrected chi connectivity index (χ3v) is 4.51. The highest BCUT2D eigenvalue weighted by molar-refractivity contribution is 6.07. The Labute approximate surface area is 158 Å². The standard InChI is InChI=1S/C23H19N3O/c1-26(16-17-8-7-13-24-15-17)23(27)20-14-22(18-9-3-2-4-10-18)25-21-12-6-5-11-19(20)21/h2-15H,16H2,1H3. The van der Waals surface area contributed by atoms with Crippen molar-refractivity contribution in [3.8, 4) is 11.3 Å². The average molecular weight is 353 g/mol. The Morgan fingerprint density at radius 3 is 2.52 bits per heavy atom. The number of pyridine rings is 2. The van der Waals surface area contributed by atoms with Crippen molar-refractivity contribution in [3.63, 3.8) is 0 Å². The highest BCUT2D eigenvalue weighted by Gasteiger charge is 2.17. The monoisotopic (exact) mass is 353 g/mol. The maximum atomic E-state index is 13.2. The van der Waals surface area contributed by atoms with Crippen LogP contribution in [0, 0.1) is 0 Å². The van der Waals surface area contributed by atoms with Crippen LogP contribution in [0.3, 0.4) is 0 Å². The number of para-hydroxylation sites is 1. The number of hydrogen-bond donors (Lipinski definition) is 0. The molecule has 0 spiro atoms. The van der Waals surface area contributed by atoms with Gasteiger partial charge in [-0.15, -0.1) is 0 Å². The number of carbonyl (C=O) groups excluding carboxylic acids is 1. The van der Waals surface area contributed by atoms with Crippen molar-refractivity contribution < 1.29 is 4.79 Å². The zero-order chi connectivity index (χ0) is 18.6. The molecule has 1 amide bonds. The first-order valence-electron chi connectivity index (χ1n) is 8.82. The van der Waals surface area contributed by atoms with Crippen molar-refractivity contribution >= 4 is 16.8 Å². The van der Waals surface area contributed by atoms with E-state index in [9.17, 15) is 4.79 Å². The zero-order valence-corrected chi connectivity index (χ0v) is 15.0. The summed E-state index contributed by atoms with van der Waals surface area (Å²) in [5.41, 5.74) is 4.26. The largest absolute Gasteiger partial charge is 0.337 e. The number of benzene rings is 2. The Hall–Kier alpha value is -3.53. The zero-order valence-electron chi connectivity index (χ0n) is 15.0. The Kier molecular flexibility index (Phi) is 4.62. The van der Waals surface area contributed by atoms with Gasteiger partial charge in [0, 0.05) is 36.9 Å². The summed E-state index contributed by atoms with van der Waals surface area (Å²) in [7, 11) is 1.81. The number of aromatic nitrogens is 2. The van der Waals surface area contributed by atoms with Crippen LogP contribution in [-0.4, -0.2) is 27.8 Å². The summed E-state index contributed by atoms with van der Waals surface area (Å²) in [4.78, 5) is 23.8. The van der Waals surface area contributed by atoms with Crippen LogP contribution in [-0.2, 0) is 6.54 Å². The van der Waals surface area contributed by atoms with Crippen molar-refractivity contribution in [1.29, 1.82) is 0 Å². The molecular formula is C23H19N3O. The number of rotatable bonds is 4. The summed E-state index contributed by atoms with van der Waals surface area (Å²) < 4.78 is 0. The van der Waals surface area contributed by atoms with Crippen LogP contribution in [0.25, 0.3) is 22.2 Å². The maximum Gasteiger partial charge on any atom is 0.254 e. The molecule has 4 aromatic rings. The van der Waals surface area contributed by atoms with Gasteiger partial charge in [0.25, 0.3) is 5.91 Å². The smallest absolute Gasteiger partial charge is 0.254 e. The minimum absolute atomic E-state index is 0.0327. The van der Waals surface area contributed by atoms with E-state index in [1.165, 1.54) is 0 Å². The predicted molar refractivity (Wildman–Crippen MR) is 107 cm³/mol. The fourth-order valence-electron chi connectivity index (χ4n) is 3.15. The first-order valence-corrected chi connectivity index (χ1v) is 8.82. The fraction of sp³-hybridized carbons (Fsp3) is 0.0870. The summed E-state index contributed by atoms with van der Waals surface area (Å²) in [5, 5.41) is 0.861. The summed E-state index contributed by atoms with van der Waals surface area (Å²) in [6.07, 6.45) is 3.51. The van der Waals surface area contributed by atoms with Crippen molar-refractivity contribution in [3.05, 3.63) is 96.3 Å². The molecule has 2 aromatic heterocycles. The highest BCUT2D eigenvalue weighted by atomic mass is 16.2. The lowest BCUT2D eigenvalue weighted by atomic mass is 10.0. The van der Waals surface area contributed by atoms with Gasteiger partial charge in [-0.05, 0) is 23.8 Å². The van der Waals surface area contributed by atoms with Crippen molar-refractivity contribution in [1.82, 2.24) is 14.9 Å². The van der Waals surface area contributed by atoms with Gasteiger partial charge in [0.15, 0.2) is 0 Å². The van der Waals surface area contributed by atoms with E-state index in [0.717, 1.165) is 27.7 Å². The molecular weight excluding hydrogens is 334 g/mol. The number of hydrogen-bond acceptors (Lipinski definition) is 3. The molecule has 0 radical (unpaired) electrons. The SMILES string of the molecule is CN(Cc1cccnc1)C(=O)c1cc(-c2ccccc2)nc2ccccc12. The maximum absolute atomic E-state index is 13.2. The van der Waals surface area contributed by atoms with Gasteiger partial charge in [-0.3, -0.25) is 9.78 Å². The van der Waals surface area contributed by atoms with Crippen LogP contribution in [0.5, 0.6) is 0 Å². The summed E-state index contributed by atoms with van der Waals surface area (Å²) >= 11 is 0. The quantitative estimate of drug-likeness (QED) is 0.540. The molecule has 0 saturated carbocycles. The molecule has 4 nitrogen and oxygen atoms in total. The fourth-order valence-corrected chi connectivity index (χ4v) is 3.15. The molecule has 27 heavy (non-hydrogen) atoms. The first kappa shape index (κ1) is 16.9. The van der Waals surface area contributed by atoms with E-state index >= 15 is 0 Å². The molecule has 0 bridgehead atoms. The van der Waals surface area contributed by atoms with Crippen LogP contribution in [0.4, 0.5) is 0 Å². The molecule has 0 unspecified atom stereocenters. The van der Waals surface area contributed by atoms with Crippen LogP contribution >= 0.6 is 0 Å². The molecule has 4 rings (SSSR count). The van der Waals surface area contributed by atoms with Crippen molar-refractivity contribution in [2.45, 2.75) is 6.54 Å². The van der Waals surface area contributed by atoms with Crippen LogP contribution in [0.1, 0.15) is 15.9 Å². The van der Waals surface area contributed by atoms with E-state index in [4.69, 9.17) is 4.98 Å². The molecule has 0 N–H and O–H groups in total. The Morgan fingerprint density at radius 1 is 0.963 bits per heavy atom. The molecule has 0 aliphatic rings. The van der Waals surface area contributed by atoms with Crippen LogP contribution < -0.4 is 0 Å². The lowest BCUT2D eigenvalue weighted by molar-refractivity contribution is 0.0787. The average Bonchev–Trinajstić information content (AvgIpc) is 2.73. The Bertz CT molecular complexity index is 1080. The second kappa shape index (κ2) is 7.38. The molecule has 2 heterocycles. The molecule has 2 aromatic carbocycles. The number of nitrogens with zero attached hydrogens (tertiary/aromatic N) is 3. The summed E-state index contributed by atoms with van der Waals surface area (Å²) in [6, 6.07) is 23.4. The van der Waals surface area contributed by atoms with Gasteiger partial charge >= 0.3 is 0 Å². The summed E-state index contributed by atoms with van der Waals surface area (Å²) in [5.74, 6) is -0.0327. The molecule has 4 heteroatoms. The predicted octanol–water partition coefficient (Wildman–Crippen LogP) is 4.57. The van der Waals surface area contributed by atoms with Gasteiger partial charge in [-0.2, -0.15) is 0 Å². The van der Waals surface area contributed by atoms with E-state index in [-0.39, 0.29) is 5.91 Å². The molecule has 0 saturated heterocycles. The third kappa shape index (κ3) is 3.55. The normalized spacial score (nSPS) is 10.7. The minimum atomic E-state index is -0.0327. The topological polar surface area (TPSA) is 46.1 Å². The minimum Gasteiger partial charge on any atom is -0.337 e. The second-order valence-electron chi connectivity index (χ2n) is 6.46. The van der Waals surface area contributed by atoms with Gasteiger partial charge in [0.05, 0.1) is 16.8 Å². The summed E-state index contributed by atoms with van der Waals surface area (Å²) in [6.45, 7) is 0.504. The Balaban J connectivity index is 1.76. The van der Waals surface area contributed by atoms with Gasteiger partial charge in [0.2, 0.25) is 0 Å². The molecule has 132 valence electrons. The third-order valence-electron chi connectivity index (χ3n) is 4.51. The van der Waals surface area contributed by atoms with Gasteiger partial charge in [-0.25, -0.2) is 4.98 Å². The number of amides is 1.